The highest BCUT2D eigenvalue weighted by molar-refractivity contribution is 8.00. The molecule has 1 heterocycles. The number of benzene rings is 1. The standard InChI is InChI=1S/C18H25NS/c1-2-6-17-14(5-1)11-16(20-17)12-18(9-3-4-10-18)13-19-15-7-8-15/h1-2,5-6,15-16,19H,3-4,7-13H2. The van der Waals surface area contributed by atoms with Crippen LogP contribution in [0.4, 0.5) is 0 Å². The summed E-state index contributed by atoms with van der Waals surface area (Å²) in [6.07, 6.45) is 11.4. The van der Waals surface area contributed by atoms with Crippen molar-refractivity contribution < 1.29 is 0 Å². The molecule has 0 saturated heterocycles. The molecule has 0 amide bonds. The highest BCUT2D eigenvalue weighted by Gasteiger charge is 2.38. The van der Waals surface area contributed by atoms with Crippen molar-refractivity contribution in [3.05, 3.63) is 29.8 Å². The fraction of sp³-hybridized carbons (Fsp3) is 0.667. The molecule has 20 heavy (non-hydrogen) atoms. The lowest BCUT2D eigenvalue weighted by molar-refractivity contribution is 0.254. The van der Waals surface area contributed by atoms with E-state index in [2.05, 4.69) is 41.3 Å². The van der Waals surface area contributed by atoms with Gasteiger partial charge in [-0.25, -0.2) is 0 Å². The summed E-state index contributed by atoms with van der Waals surface area (Å²) in [5.74, 6) is 0. The van der Waals surface area contributed by atoms with E-state index in [0.29, 0.717) is 5.41 Å². The van der Waals surface area contributed by atoms with E-state index >= 15 is 0 Å². The lowest BCUT2D eigenvalue weighted by Crippen LogP contribution is -2.35. The van der Waals surface area contributed by atoms with E-state index in [-0.39, 0.29) is 0 Å². The van der Waals surface area contributed by atoms with Crippen molar-refractivity contribution in [2.24, 2.45) is 5.41 Å². The third-order valence-corrected chi connectivity index (χ3v) is 6.70. The Morgan fingerprint density at radius 2 is 1.95 bits per heavy atom. The predicted molar refractivity (Wildman–Crippen MR) is 86.3 cm³/mol. The minimum absolute atomic E-state index is 0.613. The number of nitrogens with one attached hydrogen (secondary N) is 1. The minimum atomic E-state index is 0.613. The largest absolute Gasteiger partial charge is 0.313 e. The molecule has 1 aliphatic heterocycles. The summed E-state index contributed by atoms with van der Waals surface area (Å²) in [4.78, 5) is 1.54. The van der Waals surface area contributed by atoms with E-state index in [4.69, 9.17) is 0 Å². The number of hydrogen-bond acceptors (Lipinski definition) is 2. The van der Waals surface area contributed by atoms with Gasteiger partial charge in [-0.15, -0.1) is 11.8 Å². The molecule has 1 aromatic rings. The highest BCUT2D eigenvalue weighted by Crippen LogP contribution is 2.48. The van der Waals surface area contributed by atoms with E-state index in [1.165, 1.54) is 57.9 Å². The van der Waals surface area contributed by atoms with Gasteiger partial charge in [-0.2, -0.15) is 0 Å². The highest BCUT2D eigenvalue weighted by atomic mass is 32.2. The Morgan fingerprint density at radius 3 is 2.70 bits per heavy atom. The van der Waals surface area contributed by atoms with Gasteiger partial charge in [0, 0.05) is 22.7 Å². The molecule has 1 unspecified atom stereocenters. The molecule has 108 valence electrons. The Bertz CT molecular complexity index is 449. The monoisotopic (exact) mass is 287 g/mol. The van der Waals surface area contributed by atoms with Crippen molar-refractivity contribution in [1.82, 2.24) is 5.32 Å². The van der Waals surface area contributed by atoms with E-state index in [1.807, 2.05) is 0 Å². The maximum atomic E-state index is 3.83. The van der Waals surface area contributed by atoms with E-state index in [0.717, 1.165) is 11.3 Å². The van der Waals surface area contributed by atoms with Crippen LogP contribution in [0.1, 0.15) is 50.5 Å². The molecule has 0 aromatic heterocycles. The van der Waals surface area contributed by atoms with E-state index < -0.39 is 0 Å². The molecule has 1 N–H and O–H groups in total. The first-order chi connectivity index (χ1) is 9.83. The summed E-state index contributed by atoms with van der Waals surface area (Å²) >= 11 is 2.14. The van der Waals surface area contributed by atoms with Crippen LogP contribution in [0.2, 0.25) is 0 Å². The van der Waals surface area contributed by atoms with Crippen LogP contribution in [0.3, 0.4) is 0 Å². The molecule has 0 radical (unpaired) electrons. The maximum Gasteiger partial charge on any atom is 0.0141 e. The summed E-state index contributed by atoms with van der Waals surface area (Å²) in [7, 11) is 0. The quantitative estimate of drug-likeness (QED) is 0.861. The molecular formula is C18H25NS. The molecular weight excluding hydrogens is 262 g/mol. The van der Waals surface area contributed by atoms with Gasteiger partial charge in [-0.1, -0.05) is 31.0 Å². The lowest BCUT2D eigenvalue weighted by atomic mass is 9.80. The Morgan fingerprint density at radius 1 is 1.15 bits per heavy atom. The first kappa shape index (κ1) is 13.2. The summed E-state index contributed by atoms with van der Waals surface area (Å²) in [6, 6.07) is 9.88. The first-order valence-corrected chi connectivity index (χ1v) is 9.19. The second kappa shape index (κ2) is 5.38. The van der Waals surface area contributed by atoms with Gasteiger partial charge in [0.15, 0.2) is 0 Å². The number of hydrogen-bond donors (Lipinski definition) is 1. The van der Waals surface area contributed by atoms with Crippen LogP contribution in [-0.4, -0.2) is 17.8 Å². The first-order valence-electron chi connectivity index (χ1n) is 8.31. The smallest absolute Gasteiger partial charge is 0.0141 e. The predicted octanol–water partition coefficient (Wildman–Crippen LogP) is 4.41. The van der Waals surface area contributed by atoms with Crippen LogP contribution >= 0.6 is 11.8 Å². The molecule has 2 aliphatic carbocycles. The van der Waals surface area contributed by atoms with Crippen LogP contribution < -0.4 is 5.32 Å². The lowest BCUT2D eigenvalue weighted by Gasteiger charge is -2.32. The molecule has 2 saturated carbocycles. The van der Waals surface area contributed by atoms with Crippen LogP contribution in [-0.2, 0) is 6.42 Å². The number of thioether (sulfide) groups is 1. The zero-order chi connectivity index (χ0) is 13.4. The maximum absolute atomic E-state index is 3.83. The van der Waals surface area contributed by atoms with Gasteiger partial charge in [0.25, 0.3) is 0 Å². The van der Waals surface area contributed by atoms with Crippen molar-refractivity contribution in [3.8, 4) is 0 Å². The zero-order valence-electron chi connectivity index (χ0n) is 12.2. The van der Waals surface area contributed by atoms with Gasteiger partial charge in [-0.05, 0) is 55.6 Å². The summed E-state index contributed by atoms with van der Waals surface area (Å²) < 4.78 is 0. The average Bonchev–Trinajstić information content (AvgIpc) is 3.03. The number of fused-ring (bicyclic) bond motifs is 1. The summed E-state index contributed by atoms with van der Waals surface area (Å²) in [6.45, 7) is 1.28. The molecule has 2 fully saturated rings. The van der Waals surface area contributed by atoms with Gasteiger partial charge in [0.2, 0.25) is 0 Å². The molecule has 1 atom stereocenters. The fourth-order valence-corrected chi connectivity index (χ4v) is 5.60. The van der Waals surface area contributed by atoms with Crippen LogP contribution in [0.25, 0.3) is 0 Å². The van der Waals surface area contributed by atoms with Gasteiger partial charge in [0.1, 0.15) is 0 Å². The van der Waals surface area contributed by atoms with Gasteiger partial charge in [-0.3, -0.25) is 0 Å². The molecule has 1 aromatic carbocycles. The van der Waals surface area contributed by atoms with Crippen molar-refractivity contribution in [1.29, 1.82) is 0 Å². The Labute approximate surface area is 126 Å². The molecule has 2 heteroatoms. The third kappa shape index (κ3) is 2.78. The Kier molecular flexibility index (Phi) is 3.55. The Balaban J connectivity index is 1.41. The van der Waals surface area contributed by atoms with E-state index in [1.54, 1.807) is 10.5 Å². The normalized spacial score (nSPS) is 27.7. The van der Waals surface area contributed by atoms with E-state index in [9.17, 15) is 0 Å². The van der Waals surface area contributed by atoms with Crippen molar-refractivity contribution in [2.45, 2.75) is 67.6 Å². The summed E-state index contributed by atoms with van der Waals surface area (Å²) in [5, 5.41) is 4.65. The fourth-order valence-electron chi connectivity index (χ4n) is 4.08. The van der Waals surface area contributed by atoms with Crippen molar-refractivity contribution in [2.75, 3.05) is 6.54 Å². The molecule has 4 rings (SSSR count). The zero-order valence-corrected chi connectivity index (χ0v) is 13.1. The Hall–Kier alpha value is -0.470. The second-order valence-electron chi connectivity index (χ2n) is 7.12. The van der Waals surface area contributed by atoms with Gasteiger partial charge in [0.05, 0.1) is 0 Å². The average molecular weight is 287 g/mol. The molecule has 0 spiro atoms. The summed E-state index contributed by atoms with van der Waals surface area (Å²) in [5.41, 5.74) is 2.20. The molecule has 1 nitrogen and oxygen atoms in total. The van der Waals surface area contributed by atoms with Crippen molar-refractivity contribution in [3.63, 3.8) is 0 Å². The second-order valence-corrected chi connectivity index (χ2v) is 8.46. The van der Waals surface area contributed by atoms with Crippen molar-refractivity contribution >= 4 is 11.8 Å². The van der Waals surface area contributed by atoms with Crippen LogP contribution in [0, 0.1) is 5.41 Å². The topological polar surface area (TPSA) is 12.0 Å². The number of rotatable bonds is 5. The minimum Gasteiger partial charge on any atom is -0.313 e. The van der Waals surface area contributed by atoms with Gasteiger partial charge >= 0.3 is 0 Å². The third-order valence-electron chi connectivity index (χ3n) is 5.38. The SMILES string of the molecule is c1ccc2c(c1)CC(CC1(CNC3CC3)CCCC1)S2. The van der Waals surface area contributed by atoms with Gasteiger partial charge < -0.3 is 5.32 Å². The molecule has 3 aliphatic rings. The molecule has 0 bridgehead atoms. The van der Waals surface area contributed by atoms with Crippen LogP contribution in [0.15, 0.2) is 29.2 Å². The van der Waals surface area contributed by atoms with Crippen LogP contribution in [0.5, 0.6) is 0 Å².